The summed E-state index contributed by atoms with van der Waals surface area (Å²) in [6, 6.07) is 16.8. The Kier molecular flexibility index (Phi) is 7.14. The van der Waals surface area contributed by atoms with Crippen molar-refractivity contribution >= 4 is 35.0 Å². The summed E-state index contributed by atoms with van der Waals surface area (Å²) < 4.78 is 12.8. The summed E-state index contributed by atoms with van der Waals surface area (Å²) in [6.45, 7) is 15.0. The van der Waals surface area contributed by atoms with Gasteiger partial charge in [-0.2, -0.15) is 0 Å². The number of β-amino-alcohol motifs (C(OH)–C–C–N with tert-alkyl or cyclic N) is 1. The zero-order valence-electron chi connectivity index (χ0n) is 24.9. The van der Waals surface area contributed by atoms with Gasteiger partial charge in [0.05, 0.1) is 17.3 Å². The summed E-state index contributed by atoms with van der Waals surface area (Å²) in [4.78, 5) is 11.7. The number of benzene rings is 2. The summed E-state index contributed by atoms with van der Waals surface area (Å²) in [6.07, 6.45) is 4.36. The number of anilines is 2. The lowest BCUT2D eigenvalue weighted by atomic mass is 9.74. The second-order valence-electron chi connectivity index (χ2n) is 12.5. The minimum Gasteiger partial charge on any atom is -0.399 e. The van der Waals surface area contributed by atoms with Gasteiger partial charge < -0.3 is 19.7 Å². The topological polar surface area (TPSA) is 79.7 Å². The highest BCUT2D eigenvalue weighted by Crippen LogP contribution is 2.38. The van der Waals surface area contributed by atoms with E-state index in [1.165, 1.54) is 0 Å². The van der Waals surface area contributed by atoms with Gasteiger partial charge >= 0.3 is 7.12 Å². The summed E-state index contributed by atoms with van der Waals surface area (Å²) in [7, 11) is -0.409. The largest absolute Gasteiger partial charge is 0.495 e. The van der Waals surface area contributed by atoms with Crippen molar-refractivity contribution in [2.24, 2.45) is 0 Å². The first kappa shape index (κ1) is 27.9. The van der Waals surface area contributed by atoms with Crippen LogP contribution >= 0.6 is 0 Å². The van der Waals surface area contributed by atoms with Crippen molar-refractivity contribution in [3.05, 3.63) is 77.6 Å². The molecule has 2 aromatic carbocycles. The molecule has 0 saturated carbocycles. The van der Waals surface area contributed by atoms with E-state index in [9.17, 15) is 5.11 Å². The Balaban J connectivity index is 1.28. The number of fused-ring (bicyclic) bond motifs is 1. The van der Waals surface area contributed by atoms with Gasteiger partial charge in [0.25, 0.3) is 0 Å². The van der Waals surface area contributed by atoms with E-state index in [0.29, 0.717) is 0 Å². The van der Waals surface area contributed by atoms with Crippen LogP contribution in [0.25, 0.3) is 22.0 Å². The minimum atomic E-state index is -0.409. The van der Waals surface area contributed by atoms with Crippen LogP contribution in [0.2, 0.25) is 0 Å². The highest BCUT2D eigenvalue weighted by molar-refractivity contribution is 6.62. The van der Waals surface area contributed by atoms with Crippen molar-refractivity contribution in [1.82, 2.24) is 14.9 Å². The molecule has 0 amide bonds. The molecule has 0 spiro atoms. The van der Waals surface area contributed by atoms with E-state index in [-0.39, 0.29) is 6.10 Å². The van der Waals surface area contributed by atoms with Crippen molar-refractivity contribution in [3.8, 4) is 11.1 Å². The Labute approximate surface area is 243 Å². The Hall–Kier alpha value is -3.30. The molecule has 2 aliphatic heterocycles. The molecule has 4 heterocycles. The third-order valence-corrected chi connectivity index (χ3v) is 9.07. The third kappa shape index (κ3) is 5.26. The summed E-state index contributed by atoms with van der Waals surface area (Å²) in [5.41, 5.74) is 7.80. The van der Waals surface area contributed by atoms with Gasteiger partial charge in [0.15, 0.2) is 5.82 Å². The summed E-state index contributed by atoms with van der Waals surface area (Å²) in [5.74, 6) is 0.730. The molecule has 6 rings (SSSR count). The first-order chi connectivity index (χ1) is 19.5. The summed E-state index contributed by atoms with van der Waals surface area (Å²) in [5, 5.41) is 14.5. The predicted molar refractivity (Wildman–Crippen MR) is 166 cm³/mol. The smallest absolute Gasteiger partial charge is 0.399 e. The predicted octanol–water partition coefficient (Wildman–Crippen LogP) is 5.52. The lowest BCUT2D eigenvalue weighted by Gasteiger charge is -2.32. The average Bonchev–Trinajstić information content (AvgIpc) is 3.43. The van der Waals surface area contributed by atoms with E-state index in [0.717, 1.165) is 81.7 Å². The first-order valence-electron chi connectivity index (χ1n) is 14.5. The van der Waals surface area contributed by atoms with E-state index in [4.69, 9.17) is 14.3 Å². The molecule has 2 aromatic heterocycles. The summed E-state index contributed by atoms with van der Waals surface area (Å²) >= 11 is 0. The molecule has 7 nitrogen and oxygen atoms in total. The lowest BCUT2D eigenvalue weighted by Crippen LogP contribution is -2.41. The zero-order chi connectivity index (χ0) is 28.9. The molecule has 0 aliphatic carbocycles. The quantitative estimate of drug-likeness (QED) is 0.306. The van der Waals surface area contributed by atoms with Gasteiger partial charge in [-0.1, -0.05) is 30.3 Å². The van der Waals surface area contributed by atoms with Gasteiger partial charge in [0.2, 0.25) is 0 Å². The Morgan fingerprint density at radius 2 is 1.68 bits per heavy atom. The third-order valence-electron chi connectivity index (χ3n) is 9.07. The monoisotopic (exact) mass is 550 g/mol. The number of likely N-dealkylation sites (tertiary alicyclic amines) is 1. The van der Waals surface area contributed by atoms with Gasteiger partial charge in [0.1, 0.15) is 5.52 Å². The number of hydrogen-bond acceptors (Lipinski definition) is 7. The van der Waals surface area contributed by atoms with E-state index in [1.807, 2.05) is 18.5 Å². The molecule has 2 fully saturated rings. The molecule has 2 aliphatic rings. The van der Waals surface area contributed by atoms with Crippen LogP contribution in [-0.4, -0.2) is 57.5 Å². The molecule has 41 heavy (non-hydrogen) atoms. The van der Waals surface area contributed by atoms with Gasteiger partial charge in [-0.3, -0.25) is 9.88 Å². The lowest BCUT2D eigenvalue weighted by molar-refractivity contribution is 0.00578. The van der Waals surface area contributed by atoms with Gasteiger partial charge in [-0.05, 0) is 99.4 Å². The van der Waals surface area contributed by atoms with Gasteiger partial charge in [0, 0.05) is 43.1 Å². The van der Waals surface area contributed by atoms with Crippen LogP contribution < -0.4 is 10.8 Å². The van der Waals surface area contributed by atoms with E-state index in [1.54, 1.807) is 0 Å². The first-order valence-corrected chi connectivity index (χ1v) is 14.5. The van der Waals surface area contributed by atoms with Crippen LogP contribution in [0.4, 0.5) is 11.5 Å². The number of rotatable bonds is 6. The number of aliphatic hydroxyl groups excluding tert-OH is 1. The molecule has 2 saturated heterocycles. The SMILES string of the molecule is Cc1c(Nc2nccc3cc(CN4CC[C@@H](O)C4)cnc23)cccc1-c1cccc(B2OC(C)(C)C(C)(C)O2)c1C. The molecule has 0 unspecified atom stereocenters. The standard InChI is InChI=1S/C33H39BN4O3/c1-21-26(9-7-11-28(21)34-40-32(3,4)33(5,6)41-34)27-10-8-12-29(22(27)2)37-31-30-24(13-15-35-31)17-23(18-36-30)19-38-16-14-25(39)20-38/h7-13,15,17-18,25,39H,14,16,19-20H2,1-6H3,(H,35,37)/t25-/m1/s1. The van der Waals surface area contributed by atoms with Crippen LogP contribution in [0.3, 0.4) is 0 Å². The number of hydrogen-bond donors (Lipinski definition) is 2. The fourth-order valence-corrected chi connectivity index (χ4v) is 5.86. The van der Waals surface area contributed by atoms with Crippen molar-refractivity contribution < 1.29 is 14.4 Å². The molecule has 0 bridgehead atoms. The van der Waals surface area contributed by atoms with E-state index >= 15 is 0 Å². The van der Waals surface area contributed by atoms with E-state index < -0.39 is 18.3 Å². The van der Waals surface area contributed by atoms with Crippen LogP contribution in [0, 0.1) is 13.8 Å². The Morgan fingerprint density at radius 3 is 2.39 bits per heavy atom. The molecular weight excluding hydrogens is 511 g/mol. The second kappa shape index (κ2) is 10.5. The molecule has 212 valence electrons. The van der Waals surface area contributed by atoms with Crippen LogP contribution in [0.15, 0.2) is 60.9 Å². The number of pyridine rings is 2. The Morgan fingerprint density at radius 1 is 0.976 bits per heavy atom. The Bertz CT molecular complexity index is 1590. The highest BCUT2D eigenvalue weighted by Gasteiger charge is 2.52. The molecule has 1 atom stereocenters. The van der Waals surface area contributed by atoms with Crippen molar-refractivity contribution in [1.29, 1.82) is 0 Å². The van der Waals surface area contributed by atoms with Gasteiger partial charge in [-0.15, -0.1) is 0 Å². The average molecular weight is 551 g/mol. The van der Waals surface area contributed by atoms with Crippen LogP contribution in [0.5, 0.6) is 0 Å². The fraction of sp³-hybridized carbons (Fsp3) is 0.394. The number of aromatic nitrogens is 2. The maximum Gasteiger partial charge on any atom is 0.495 e. The van der Waals surface area contributed by atoms with Crippen LogP contribution in [-0.2, 0) is 15.9 Å². The van der Waals surface area contributed by atoms with E-state index in [2.05, 4.69) is 99.2 Å². The van der Waals surface area contributed by atoms with Crippen molar-refractivity contribution in [2.45, 2.75) is 71.8 Å². The number of nitrogens with zero attached hydrogens (tertiary/aromatic N) is 3. The van der Waals surface area contributed by atoms with Crippen molar-refractivity contribution in [2.75, 3.05) is 18.4 Å². The number of nitrogens with one attached hydrogen (secondary N) is 1. The maximum atomic E-state index is 9.87. The fourth-order valence-electron chi connectivity index (χ4n) is 5.86. The molecule has 0 radical (unpaired) electrons. The van der Waals surface area contributed by atoms with Crippen LogP contribution in [0.1, 0.15) is 50.8 Å². The molecule has 8 heteroatoms. The number of aliphatic hydroxyl groups is 1. The highest BCUT2D eigenvalue weighted by atomic mass is 16.7. The zero-order valence-corrected chi connectivity index (χ0v) is 24.9. The maximum absolute atomic E-state index is 9.87. The van der Waals surface area contributed by atoms with Crippen molar-refractivity contribution in [3.63, 3.8) is 0 Å². The molecule has 4 aromatic rings. The van der Waals surface area contributed by atoms with Gasteiger partial charge in [-0.25, -0.2) is 4.98 Å². The molecule has 2 N–H and O–H groups in total. The molecular formula is C33H39BN4O3. The normalized spacial score (nSPS) is 20.2. The second-order valence-corrected chi connectivity index (χ2v) is 12.5. The minimum absolute atomic E-state index is 0.225.